The van der Waals surface area contributed by atoms with Crippen molar-refractivity contribution in [3.63, 3.8) is 0 Å². The number of halogens is 1. The normalized spacial score (nSPS) is 15.8. The van der Waals surface area contributed by atoms with E-state index in [-0.39, 0.29) is 16.7 Å². The molecule has 1 aliphatic carbocycles. The van der Waals surface area contributed by atoms with Gasteiger partial charge in [0.05, 0.1) is 16.7 Å². The molecule has 0 heterocycles. The van der Waals surface area contributed by atoms with Crippen molar-refractivity contribution in [1.82, 2.24) is 5.32 Å². The van der Waals surface area contributed by atoms with Gasteiger partial charge < -0.3 is 16.4 Å². The van der Waals surface area contributed by atoms with E-state index in [0.29, 0.717) is 5.92 Å². The predicted molar refractivity (Wildman–Crippen MR) is 71.9 cm³/mol. The van der Waals surface area contributed by atoms with Crippen molar-refractivity contribution in [2.45, 2.75) is 18.9 Å². The number of carbonyl (C=O) groups excluding carboxylic acids is 1. The molecule has 0 saturated heterocycles. The minimum atomic E-state index is -0.496. The minimum Gasteiger partial charge on any atom is -0.392 e. The molecule has 18 heavy (non-hydrogen) atoms. The molecule has 1 unspecified atom stereocenters. The molecule has 0 radical (unpaired) electrons. The van der Waals surface area contributed by atoms with E-state index in [0.717, 1.165) is 12.8 Å². The molecular formula is C12H14FN3OS. The third kappa shape index (κ3) is 3.16. The highest BCUT2D eigenvalue weighted by molar-refractivity contribution is 7.80. The van der Waals surface area contributed by atoms with Crippen molar-refractivity contribution in [1.29, 1.82) is 0 Å². The van der Waals surface area contributed by atoms with Gasteiger partial charge in [-0.05, 0) is 30.9 Å². The Morgan fingerprint density at radius 2 is 2.11 bits per heavy atom. The zero-order chi connectivity index (χ0) is 13.1. The van der Waals surface area contributed by atoms with Crippen molar-refractivity contribution < 1.29 is 9.18 Å². The molecule has 0 aliphatic heterocycles. The van der Waals surface area contributed by atoms with Crippen molar-refractivity contribution in [2.24, 2.45) is 11.7 Å². The van der Waals surface area contributed by atoms with Gasteiger partial charge in [-0.1, -0.05) is 24.4 Å². The van der Waals surface area contributed by atoms with E-state index in [2.05, 4.69) is 10.6 Å². The summed E-state index contributed by atoms with van der Waals surface area (Å²) >= 11 is 4.90. The highest BCUT2D eigenvalue weighted by Crippen LogP contribution is 2.32. The second-order valence-electron chi connectivity index (χ2n) is 4.30. The first-order valence-corrected chi connectivity index (χ1v) is 6.10. The molecule has 4 nitrogen and oxygen atoms in total. The van der Waals surface area contributed by atoms with Crippen molar-refractivity contribution in [2.75, 3.05) is 5.32 Å². The predicted octanol–water partition coefficient (Wildman–Crippen LogP) is 2.01. The van der Waals surface area contributed by atoms with Crippen LogP contribution in [-0.2, 0) is 0 Å². The summed E-state index contributed by atoms with van der Waals surface area (Å²) in [6, 6.07) is 5.16. The molecule has 0 spiro atoms. The summed E-state index contributed by atoms with van der Waals surface area (Å²) in [5.74, 6) is -0.167. The van der Waals surface area contributed by atoms with Gasteiger partial charge >= 0.3 is 6.03 Å². The van der Waals surface area contributed by atoms with Gasteiger partial charge in [-0.15, -0.1) is 0 Å². The van der Waals surface area contributed by atoms with Crippen LogP contribution in [0.4, 0.5) is 14.9 Å². The third-order valence-electron chi connectivity index (χ3n) is 2.81. The fourth-order valence-corrected chi connectivity index (χ4v) is 1.96. The Labute approximate surface area is 110 Å². The van der Waals surface area contributed by atoms with Gasteiger partial charge in [-0.2, -0.15) is 0 Å². The number of thiocarbonyl (C=S) groups is 1. The summed E-state index contributed by atoms with van der Waals surface area (Å²) in [5, 5.41) is 5.11. The van der Waals surface area contributed by atoms with E-state index >= 15 is 0 Å². The minimum absolute atomic E-state index is 0.132. The highest BCUT2D eigenvalue weighted by atomic mass is 32.1. The van der Waals surface area contributed by atoms with Gasteiger partial charge in [0.2, 0.25) is 0 Å². The number of hydrogen-bond acceptors (Lipinski definition) is 2. The topological polar surface area (TPSA) is 67.1 Å². The van der Waals surface area contributed by atoms with Gasteiger partial charge in [-0.25, -0.2) is 9.18 Å². The van der Waals surface area contributed by atoms with Crippen molar-refractivity contribution >= 4 is 28.9 Å². The molecule has 0 bridgehead atoms. The molecular weight excluding hydrogens is 253 g/mol. The lowest BCUT2D eigenvalue weighted by atomic mass is 10.2. The van der Waals surface area contributed by atoms with Crippen LogP contribution in [0, 0.1) is 11.7 Å². The Balaban J connectivity index is 1.96. The number of nitrogens with two attached hydrogens (primary N) is 1. The number of carbonyl (C=O) groups is 1. The fourth-order valence-electron chi connectivity index (χ4n) is 1.71. The summed E-state index contributed by atoms with van der Waals surface area (Å²) in [6.07, 6.45) is 2.00. The maximum Gasteiger partial charge on any atom is 0.319 e. The summed E-state index contributed by atoms with van der Waals surface area (Å²) in [4.78, 5) is 12.0. The van der Waals surface area contributed by atoms with Gasteiger partial charge in [-0.3, -0.25) is 0 Å². The number of para-hydroxylation sites is 1. The van der Waals surface area contributed by atoms with Gasteiger partial charge in [0, 0.05) is 0 Å². The number of amides is 2. The van der Waals surface area contributed by atoms with Crippen LogP contribution in [0.2, 0.25) is 0 Å². The zero-order valence-corrected chi connectivity index (χ0v) is 10.5. The molecule has 1 aromatic rings. The van der Waals surface area contributed by atoms with Crippen molar-refractivity contribution in [3.05, 3.63) is 30.1 Å². The van der Waals surface area contributed by atoms with Gasteiger partial charge in [0.25, 0.3) is 0 Å². The molecule has 1 atom stereocenters. The van der Waals surface area contributed by atoms with Crippen LogP contribution in [-0.4, -0.2) is 17.1 Å². The van der Waals surface area contributed by atoms with E-state index < -0.39 is 11.8 Å². The first-order chi connectivity index (χ1) is 8.58. The summed E-state index contributed by atoms with van der Waals surface area (Å²) in [7, 11) is 0. The van der Waals surface area contributed by atoms with E-state index in [4.69, 9.17) is 18.0 Å². The second kappa shape index (κ2) is 5.30. The Kier molecular flexibility index (Phi) is 3.76. The van der Waals surface area contributed by atoms with E-state index in [1.54, 1.807) is 12.1 Å². The van der Waals surface area contributed by atoms with Crippen LogP contribution in [0.25, 0.3) is 0 Å². The molecule has 96 valence electrons. The standard InChI is InChI=1S/C12H14FN3OS/c13-8-3-1-2-4-9(8)15-12(17)16-10(11(14)18)7-5-6-7/h1-4,7,10H,5-6H2,(H2,14,18)(H2,15,16,17). The summed E-state index contributed by atoms with van der Waals surface area (Å²) in [5.41, 5.74) is 5.70. The number of benzene rings is 1. The van der Waals surface area contributed by atoms with Crippen LogP contribution < -0.4 is 16.4 Å². The number of anilines is 1. The van der Waals surface area contributed by atoms with E-state index in [1.807, 2.05) is 0 Å². The smallest absolute Gasteiger partial charge is 0.319 e. The monoisotopic (exact) mass is 267 g/mol. The van der Waals surface area contributed by atoms with E-state index in [1.165, 1.54) is 12.1 Å². The van der Waals surface area contributed by atoms with E-state index in [9.17, 15) is 9.18 Å². The molecule has 1 fully saturated rings. The average molecular weight is 267 g/mol. The van der Waals surface area contributed by atoms with Crippen LogP contribution >= 0.6 is 12.2 Å². The van der Waals surface area contributed by atoms with Gasteiger partial charge in [0.1, 0.15) is 5.82 Å². The lowest BCUT2D eigenvalue weighted by Gasteiger charge is -2.17. The Morgan fingerprint density at radius 3 is 2.67 bits per heavy atom. The fraction of sp³-hybridized carbons (Fsp3) is 0.333. The Morgan fingerprint density at radius 1 is 1.44 bits per heavy atom. The second-order valence-corrected chi connectivity index (χ2v) is 4.77. The number of hydrogen-bond donors (Lipinski definition) is 3. The summed E-state index contributed by atoms with van der Waals surface area (Å²) < 4.78 is 13.3. The maximum atomic E-state index is 13.3. The number of nitrogens with one attached hydrogen (secondary N) is 2. The summed E-state index contributed by atoms with van der Waals surface area (Å²) in [6.45, 7) is 0. The molecule has 6 heteroatoms. The molecule has 4 N–H and O–H groups in total. The van der Waals surface area contributed by atoms with Crippen LogP contribution in [0.3, 0.4) is 0 Å². The lowest BCUT2D eigenvalue weighted by Crippen LogP contribution is -2.46. The molecule has 1 saturated carbocycles. The Hall–Kier alpha value is -1.69. The first-order valence-electron chi connectivity index (χ1n) is 5.69. The van der Waals surface area contributed by atoms with Crippen LogP contribution in [0.5, 0.6) is 0 Å². The quantitative estimate of drug-likeness (QED) is 0.731. The molecule has 0 aromatic heterocycles. The average Bonchev–Trinajstić information content (AvgIpc) is 3.13. The molecule has 1 aliphatic rings. The number of rotatable bonds is 4. The van der Waals surface area contributed by atoms with Gasteiger partial charge in [0.15, 0.2) is 0 Å². The SMILES string of the molecule is NC(=S)C(NC(=O)Nc1ccccc1F)C1CC1. The Bertz CT molecular complexity index is 476. The number of urea groups is 1. The molecule has 1 aromatic carbocycles. The largest absolute Gasteiger partial charge is 0.392 e. The highest BCUT2D eigenvalue weighted by Gasteiger charge is 2.34. The maximum absolute atomic E-state index is 13.3. The zero-order valence-electron chi connectivity index (χ0n) is 9.65. The lowest BCUT2D eigenvalue weighted by molar-refractivity contribution is 0.250. The van der Waals surface area contributed by atoms with Crippen molar-refractivity contribution in [3.8, 4) is 0 Å². The van der Waals surface area contributed by atoms with Crippen LogP contribution in [0.1, 0.15) is 12.8 Å². The molecule has 2 amide bonds. The first kappa shape index (κ1) is 12.8. The molecule has 2 rings (SSSR count). The van der Waals surface area contributed by atoms with Crippen LogP contribution in [0.15, 0.2) is 24.3 Å². The third-order valence-corrected chi connectivity index (χ3v) is 3.06.